The number of nitrogens with zero attached hydrogens (tertiary/aromatic N) is 2. The highest BCUT2D eigenvalue weighted by molar-refractivity contribution is 6.74. The largest absolute Gasteiger partial charge is 0.409 e. The van der Waals surface area contributed by atoms with E-state index < -0.39 is 44.9 Å². The molecular formula is C29H38N2O6Si. The van der Waals surface area contributed by atoms with Crippen LogP contribution in [-0.2, 0) is 34.9 Å². The van der Waals surface area contributed by atoms with Crippen LogP contribution in [0.2, 0.25) is 18.1 Å². The number of hydrogen-bond acceptors (Lipinski definition) is 7. The minimum Gasteiger partial charge on any atom is -0.409 e. The fourth-order valence-corrected chi connectivity index (χ4v) is 6.55. The summed E-state index contributed by atoms with van der Waals surface area (Å²) in [6, 6.07) is 18.4. The zero-order chi connectivity index (χ0) is 27.2. The first-order valence-electron chi connectivity index (χ1n) is 13.3. The summed E-state index contributed by atoms with van der Waals surface area (Å²) in [6.45, 7) is 13.6. The van der Waals surface area contributed by atoms with Crippen molar-refractivity contribution in [2.24, 2.45) is 5.92 Å². The molecule has 0 unspecified atom stereocenters. The van der Waals surface area contributed by atoms with Crippen LogP contribution in [0.3, 0.4) is 0 Å². The first-order chi connectivity index (χ1) is 18.0. The predicted octanol–water partition coefficient (Wildman–Crippen LogP) is 4.51. The van der Waals surface area contributed by atoms with Crippen molar-refractivity contribution in [3.63, 3.8) is 0 Å². The van der Waals surface area contributed by atoms with Crippen molar-refractivity contribution in [2.75, 3.05) is 11.5 Å². The van der Waals surface area contributed by atoms with E-state index in [1.807, 2.05) is 55.5 Å². The molecule has 0 N–H and O–H groups in total. The van der Waals surface area contributed by atoms with Crippen molar-refractivity contribution in [2.45, 2.75) is 83.0 Å². The average molecular weight is 539 g/mol. The van der Waals surface area contributed by atoms with Crippen molar-refractivity contribution in [1.29, 1.82) is 0 Å². The number of hydroxylamine groups is 2. The van der Waals surface area contributed by atoms with Gasteiger partial charge in [-0.15, -0.1) is 0 Å². The number of ether oxygens (including phenoxy) is 2. The normalized spacial score (nSPS) is 30.6. The van der Waals surface area contributed by atoms with Crippen LogP contribution < -0.4 is 4.90 Å². The summed E-state index contributed by atoms with van der Waals surface area (Å²) in [7, 11) is -2.22. The Hall–Kier alpha value is -2.40. The fraction of sp³-hybridized carbons (Fsp3) is 0.517. The third-order valence-electron chi connectivity index (χ3n) is 8.24. The molecule has 0 bridgehead atoms. The second kappa shape index (κ2) is 10.3. The molecule has 0 spiro atoms. The number of hydrogen-bond donors (Lipinski definition) is 0. The molecule has 3 saturated heterocycles. The lowest BCUT2D eigenvalue weighted by molar-refractivity contribution is -0.272. The Balaban J connectivity index is 1.52. The van der Waals surface area contributed by atoms with E-state index in [0.29, 0.717) is 18.8 Å². The summed E-state index contributed by atoms with van der Waals surface area (Å²) in [5.41, 5.74) is 1.56. The molecule has 3 aliphatic heterocycles. The summed E-state index contributed by atoms with van der Waals surface area (Å²) in [6.07, 6.45) is -2.34. The summed E-state index contributed by atoms with van der Waals surface area (Å²) in [4.78, 5) is 35.1. The molecule has 2 aromatic carbocycles. The Morgan fingerprint density at radius 3 is 2.24 bits per heavy atom. The van der Waals surface area contributed by atoms with Crippen LogP contribution in [0.4, 0.5) is 5.69 Å². The van der Waals surface area contributed by atoms with E-state index in [1.54, 1.807) is 17.2 Å². The molecular weight excluding hydrogens is 500 g/mol. The van der Waals surface area contributed by atoms with Gasteiger partial charge in [-0.1, -0.05) is 69.3 Å². The van der Waals surface area contributed by atoms with Crippen LogP contribution in [0.1, 0.15) is 33.3 Å². The van der Waals surface area contributed by atoms with Crippen LogP contribution in [-0.4, -0.2) is 62.4 Å². The number of rotatable bonds is 6. The Labute approximate surface area is 225 Å². The topological polar surface area (TPSA) is 77.5 Å². The van der Waals surface area contributed by atoms with Crippen molar-refractivity contribution in [3.05, 3.63) is 66.2 Å². The van der Waals surface area contributed by atoms with Gasteiger partial charge in [-0.25, -0.2) is 4.90 Å². The van der Waals surface area contributed by atoms with E-state index >= 15 is 0 Å². The summed E-state index contributed by atoms with van der Waals surface area (Å²) in [5, 5.41) is 1.75. The minimum absolute atomic E-state index is 0.0255. The average Bonchev–Trinajstić information content (AvgIpc) is 3.35. The Kier molecular flexibility index (Phi) is 7.36. The van der Waals surface area contributed by atoms with Crippen molar-refractivity contribution in [1.82, 2.24) is 5.06 Å². The van der Waals surface area contributed by atoms with Gasteiger partial charge in [0.1, 0.15) is 6.10 Å². The molecule has 8 nitrogen and oxygen atoms in total. The zero-order valence-corrected chi connectivity index (χ0v) is 24.0. The smallest absolute Gasteiger partial charge is 0.265 e. The molecule has 2 amide bonds. The molecule has 3 aliphatic rings. The predicted molar refractivity (Wildman–Crippen MR) is 145 cm³/mol. The van der Waals surface area contributed by atoms with Gasteiger partial charge in [0.25, 0.3) is 5.91 Å². The van der Waals surface area contributed by atoms with Crippen molar-refractivity contribution in [3.8, 4) is 0 Å². The highest BCUT2D eigenvalue weighted by Crippen LogP contribution is 2.44. The first-order valence-corrected chi connectivity index (χ1v) is 16.2. The van der Waals surface area contributed by atoms with E-state index in [-0.39, 0.29) is 16.9 Å². The summed E-state index contributed by atoms with van der Waals surface area (Å²) < 4.78 is 19.1. The Morgan fingerprint density at radius 2 is 1.61 bits per heavy atom. The fourth-order valence-electron chi connectivity index (χ4n) is 5.24. The molecule has 0 aromatic heterocycles. The van der Waals surface area contributed by atoms with Gasteiger partial charge in [0.15, 0.2) is 20.7 Å². The number of carbonyl (C=O) groups is 2. The molecule has 5 rings (SSSR count). The van der Waals surface area contributed by atoms with E-state index in [1.165, 1.54) is 4.90 Å². The number of benzene rings is 2. The van der Waals surface area contributed by atoms with E-state index in [0.717, 1.165) is 5.56 Å². The number of fused-ring (bicyclic) bond motifs is 1. The number of amides is 2. The lowest BCUT2D eigenvalue weighted by Crippen LogP contribution is -2.60. The van der Waals surface area contributed by atoms with Crippen LogP contribution >= 0.6 is 0 Å². The zero-order valence-electron chi connectivity index (χ0n) is 23.0. The quantitative estimate of drug-likeness (QED) is 0.396. The molecule has 3 fully saturated rings. The van der Waals surface area contributed by atoms with E-state index in [9.17, 15) is 9.59 Å². The summed E-state index contributed by atoms with van der Waals surface area (Å²) >= 11 is 0. The van der Waals surface area contributed by atoms with Gasteiger partial charge >= 0.3 is 0 Å². The van der Waals surface area contributed by atoms with E-state index in [4.69, 9.17) is 18.7 Å². The molecule has 0 aliphatic carbocycles. The molecule has 38 heavy (non-hydrogen) atoms. The molecule has 9 heteroatoms. The highest BCUT2D eigenvalue weighted by atomic mass is 28.4. The monoisotopic (exact) mass is 538 g/mol. The maximum absolute atomic E-state index is 14.0. The third kappa shape index (κ3) is 4.99. The first kappa shape index (κ1) is 27.2. The van der Waals surface area contributed by atoms with Crippen LogP contribution in [0.5, 0.6) is 0 Å². The second-order valence-electron chi connectivity index (χ2n) is 11.9. The molecule has 0 saturated carbocycles. The Morgan fingerprint density at radius 1 is 0.974 bits per heavy atom. The molecule has 0 radical (unpaired) electrons. The van der Waals surface area contributed by atoms with Gasteiger partial charge in [-0.3, -0.25) is 14.4 Å². The third-order valence-corrected chi connectivity index (χ3v) is 12.7. The summed E-state index contributed by atoms with van der Waals surface area (Å²) in [5.74, 6) is -1.36. The highest BCUT2D eigenvalue weighted by Gasteiger charge is 2.63. The number of carbonyl (C=O) groups excluding carboxylic acids is 2. The second-order valence-corrected chi connectivity index (χ2v) is 16.6. The van der Waals surface area contributed by atoms with Crippen molar-refractivity contribution >= 4 is 25.8 Å². The van der Waals surface area contributed by atoms with Crippen LogP contribution in [0.25, 0.3) is 0 Å². The lowest BCUT2D eigenvalue weighted by Gasteiger charge is -2.46. The van der Waals surface area contributed by atoms with Crippen LogP contribution in [0, 0.1) is 5.92 Å². The number of imide groups is 1. The minimum atomic E-state index is -2.22. The van der Waals surface area contributed by atoms with Gasteiger partial charge in [0.05, 0.1) is 30.4 Å². The lowest BCUT2D eigenvalue weighted by atomic mass is 9.89. The number of para-hydroxylation sites is 1. The molecule has 6 atom stereocenters. The maximum Gasteiger partial charge on any atom is 0.265 e. The number of anilines is 1. The van der Waals surface area contributed by atoms with E-state index in [2.05, 4.69) is 33.9 Å². The van der Waals surface area contributed by atoms with Gasteiger partial charge in [-0.2, -0.15) is 5.06 Å². The maximum atomic E-state index is 14.0. The Bertz CT molecular complexity index is 1150. The standard InChI is InChI=1S/C29H38N2O6Si/c1-19-34-18-22(37-38(5,6)29(2,3)4)25(35-19)24-23-26(36-30(24)17-20-13-9-7-10-14-20)28(33)31(27(23)32)21-15-11-8-12-16-21/h7-16,19,22-26H,17-18H2,1-6H3/t19-,22+,23+,24-,25-,26-/m0/s1. The van der Waals surface area contributed by atoms with Crippen molar-refractivity contribution < 1.29 is 28.3 Å². The SMILES string of the molecule is C[C@H]1OC[C@@H](O[Si](C)(C)C(C)(C)C)[C@@H]([C@@H]2[C@H]3C(=O)N(c4ccccc4)C(=O)[C@H]3ON2Cc2ccccc2)O1. The molecule has 204 valence electrons. The van der Waals surface area contributed by atoms with Gasteiger partial charge in [0, 0.05) is 6.54 Å². The molecule has 3 heterocycles. The van der Waals surface area contributed by atoms with Gasteiger partial charge in [0.2, 0.25) is 5.91 Å². The van der Waals surface area contributed by atoms with Crippen LogP contribution in [0.15, 0.2) is 60.7 Å². The molecule has 2 aromatic rings. The van der Waals surface area contributed by atoms with Gasteiger partial charge in [-0.05, 0) is 42.8 Å². The van der Waals surface area contributed by atoms with Gasteiger partial charge < -0.3 is 13.9 Å².